The highest BCUT2D eigenvalue weighted by molar-refractivity contribution is 5.81. The molecular formula is C22H24N4O4. The molecule has 8 heteroatoms. The Balaban J connectivity index is 1.74. The van der Waals surface area contributed by atoms with Crippen molar-refractivity contribution in [2.75, 3.05) is 26.3 Å². The van der Waals surface area contributed by atoms with E-state index in [1.54, 1.807) is 20.4 Å². The van der Waals surface area contributed by atoms with Crippen molar-refractivity contribution in [2.24, 2.45) is 5.10 Å². The van der Waals surface area contributed by atoms with Gasteiger partial charge in [-0.05, 0) is 54.4 Å². The summed E-state index contributed by atoms with van der Waals surface area (Å²) in [7, 11) is 3.19. The van der Waals surface area contributed by atoms with E-state index in [1.807, 2.05) is 49.4 Å². The maximum Gasteiger partial charge on any atom is 0.252 e. The number of H-pyrrole nitrogens is 1. The van der Waals surface area contributed by atoms with Gasteiger partial charge in [-0.25, -0.2) is 10.4 Å². The molecule has 8 nitrogen and oxygen atoms in total. The molecule has 0 saturated heterocycles. The number of rotatable bonds is 9. The number of aromatic nitrogens is 2. The molecule has 0 amide bonds. The van der Waals surface area contributed by atoms with Crippen LogP contribution >= 0.6 is 0 Å². The third-order valence-electron chi connectivity index (χ3n) is 4.16. The van der Waals surface area contributed by atoms with Gasteiger partial charge >= 0.3 is 0 Å². The third-order valence-corrected chi connectivity index (χ3v) is 4.16. The van der Waals surface area contributed by atoms with Gasteiger partial charge in [-0.2, -0.15) is 5.10 Å². The molecule has 0 bridgehead atoms. The van der Waals surface area contributed by atoms with Gasteiger partial charge in [0.05, 0.1) is 32.7 Å². The van der Waals surface area contributed by atoms with Crippen molar-refractivity contribution in [2.45, 2.75) is 13.3 Å². The second kappa shape index (κ2) is 10.1. The molecule has 0 aliphatic rings. The van der Waals surface area contributed by atoms with E-state index in [1.165, 1.54) is 6.07 Å². The fraction of sp³-hybridized carbons (Fsp3) is 0.227. The largest absolute Gasteiger partial charge is 0.497 e. The monoisotopic (exact) mass is 408 g/mol. The number of benzene rings is 2. The van der Waals surface area contributed by atoms with E-state index < -0.39 is 0 Å². The number of hydrazone groups is 1. The van der Waals surface area contributed by atoms with Gasteiger partial charge in [0.15, 0.2) is 11.5 Å². The second-order valence-electron chi connectivity index (χ2n) is 6.34. The zero-order chi connectivity index (χ0) is 21.3. The molecule has 0 spiro atoms. The van der Waals surface area contributed by atoms with Crippen molar-refractivity contribution >= 4 is 12.2 Å². The Bertz CT molecular complexity index is 1060. The molecule has 1 aromatic heterocycles. The molecule has 0 radical (unpaired) electrons. The molecule has 0 aliphatic heterocycles. The summed E-state index contributed by atoms with van der Waals surface area (Å²) in [6.07, 6.45) is 2.52. The van der Waals surface area contributed by atoms with Crippen molar-refractivity contribution in [3.05, 3.63) is 64.4 Å². The van der Waals surface area contributed by atoms with Gasteiger partial charge in [-0.15, -0.1) is 0 Å². The van der Waals surface area contributed by atoms with Crippen molar-refractivity contribution in [1.29, 1.82) is 0 Å². The fourth-order valence-corrected chi connectivity index (χ4v) is 2.68. The Morgan fingerprint density at radius 3 is 2.57 bits per heavy atom. The van der Waals surface area contributed by atoms with Crippen molar-refractivity contribution < 1.29 is 14.2 Å². The van der Waals surface area contributed by atoms with Gasteiger partial charge in [-0.3, -0.25) is 9.78 Å². The lowest BCUT2D eigenvalue weighted by atomic mass is 10.1. The summed E-state index contributed by atoms with van der Waals surface area (Å²) in [6, 6.07) is 14.2. The summed E-state index contributed by atoms with van der Waals surface area (Å²) in [6.45, 7) is 2.66. The van der Waals surface area contributed by atoms with E-state index in [9.17, 15) is 4.79 Å². The van der Waals surface area contributed by atoms with Crippen LogP contribution in [0.2, 0.25) is 0 Å². The van der Waals surface area contributed by atoms with E-state index in [-0.39, 0.29) is 11.5 Å². The first-order valence-corrected chi connectivity index (χ1v) is 9.48. The molecule has 2 aromatic carbocycles. The van der Waals surface area contributed by atoms with Crippen LogP contribution in [0.5, 0.6) is 17.2 Å². The molecule has 0 aliphatic carbocycles. The Kier molecular flexibility index (Phi) is 7.05. The van der Waals surface area contributed by atoms with Crippen LogP contribution < -0.4 is 25.2 Å². The number of hydrogen-bond acceptors (Lipinski definition) is 7. The highest BCUT2D eigenvalue weighted by Gasteiger charge is 2.06. The maximum atomic E-state index is 12.0. The molecule has 156 valence electrons. The fourth-order valence-electron chi connectivity index (χ4n) is 2.68. The average Bonchev–Trinajstić information content (AvgIpc) is 2.77. The van der Waals surface area contributed by atoms with E-state index in [0.717, 1.165) is 23.3 Å². The van der Waals surface area contributed by atoms with Crippen LogP contribution in [0.1, 0.15) is 18.9 Å². The van der Waals surface area contributed by atoms with Crippen molar-refractivity contribution in [1.82, 2.24) is 9.97 Å². The van der Waals surface area contributed by atoms with Gasteiger partial charge in [0, 0.05) is 11.6 Å². The summed E-state index contributed by atoms with van der Waals surface area (Å²) in [4.78, 5) is 19.0. The van der Waals surface area contributed by atoms with Gasteiger partial charge in [0.1, 0.15) is 5.75 Å². The van der Waals surface area contributed by atoms with Crippen LogP contribution in [0.3, 0.4) is 0 Å². The average molecular weight is 408 g/mol. The van der Waals surface area contributed by atoms with Crippen molar-refractivity contribution in [3.63, 3.8) is 0 Å². The lowest BCUT2D eigenvalue weighted by molar-refractivity contribution is 0.294. The summed E-state index contributed by atoms with van der Waals surface area (Å²) in [5.74, 6) is 2.27. The van der Waals surface area contributed by atoms with Gasteiger partial charge in [0.25, 0.3) is 5.56 Å². The first-order chi connectivity index (χ1) is 14.6. The molecule has 30 heavy (non-hydrogen) atoms. The van der Waals surface area contributed by atoms with Gasteiger partial charge < -0.3 is 14.2 Å². The Labute approximate surface area is 174 Å². The second-order valence-corrected chi connectivity index (χ2v) is 6.34. The van der Waals surface area contributed by atoms with E-state index in [0.29, 0.717) is 23.8 Å². The third kappa shape index (κ3) is 5.38. The van der Waals surface area contributed by atoms with Crippen LogP contribution in [-0.2, 0) is 0 Å². The predicted octanol–water partition coefficient (Wildman–Crippen LogP) is 3.69. The van der Waals surface area contributed by atoms with Crippen molar-refractivity contribution in [3.8, 4) is 28.5 Å². The lowest BCUT2D eigenvalue weighted by Gasteiger charge is -2.10. The molecule has 0 fully saturated rings. The van der Waals surface area contributed by atoms with Crippen LogP contribution in [0.4, 0.5) is 5.95 Å². The maximum absolute atomic E-state index is 12.0. The minimum Gasteiger partial charge on any atom is -0.497 e. The number of methoxy groups -OCH3 is 2. The van der Waals surface area contributed by atoms with Crippen LogP contribution in [0.25, 0.3) is 11.3 Å². The van der Waals surface area contributed by atoms with Gasteiger partial charge in [0.2, 0.25) is 5.95 Å². The summed E-state index contributed by atoms with van der Waals surface area (Å²) in [5, 5.41) is 4.16. The normalized spacial score (nSPS) is 10.8. The first-order valence-electron chi connectivity index (χ1n) is 9.48. The Morgan fingerprint density at radius 2 is 1.87 bits per heavy atom. The van der Waals surface area contributed by atoms with Crippen LogP contribution in [-0.4, -0.2) is 37.0 Å². The topological polar surface area (TPSA) is 97.8 Å². The van der Waals surface area contributed by atoms with Gasteiger partial charge in [-0.1, -0.05) is 6.92 Å². The molecule has 0 atom stereocenters. The number of hydrogen-bond donors (Lipinski definition) is 2. The highest BCUT2D eigenvalue weighted by Crippen LogP contribution is 2.27. The molecular weight excluding hydrogens is 384 g/mol. The quantitative estimate of drug-likeness (QED) is 0.414. The summed E-state index contributed by atoms with van der Waals surface area (Å²) >= 11 is 0. The number of aromatic amines is 1. The Morgan fingerprint density at radius 1 is 1.07 bits per heavy atom. The lowest BCUT2D eigenvalue weighted by Crippen LogP contribution is -2.10. The molecule has 0 unspecified atom stereocenters. The predicted molar refractivity (Wildman–Crippen MR) is 117 cm³/mol. The molecule has 3 aromatic rings. The number of nitrogens with one attached hydrogen (secondary N) is 2. The van der Waals surface area contributed by atoms with E-state index in [4.69, 9.17) is 14.2 Å². The van der Waals surface area contributed by atoms with E-state index >= 15 is 0 Å². The first kappa shape index (κ1) is 20.9. The smallest absolute Gasteiger partial charge is 0.252 e. The zero-order valence-corrected chi connectivity index (χ0v) is 17.1. The zero-order valence-electron chi connectivity index (χ0n) is 17.1. The molecule has 1 heterocycles. The summed E-state index contributed by atoms with van der Waals surface area (Å²) < 4.78 is 16.2. The standard InChI is InChI=1S/C22H24N4O4/c1-4-11-30-19-10-5-15(12-20(19)29-3)14-23-26-22-24-18(13-21(27)25-22)16-6-8-17(28-2)9-7-16/h5-10,12-14H,4,11H2,1-3H3,(H2,24,25,26,27)/b23-14-. The molecule has 3 rings (SSSR count). The number of nitrogens with zero attached hydrogens (tertiary/aromatic N) is 2. The molecule has 2 N–H and O–H groups in total. The van der Waals surface area contributed by atoms with Crippen LogP contribution in [0, 0.1) is 0 Å². The minimum absolute atomic E-state index is 0.236. The Hall–Kier alpha value is -3.81. The highest BCUT2D eigenvalue weighted by atomic mass is 16.5. The summed E-state index contributed by atoms with van der Waals surface area (Å²) in [5.41, 5.74) is 4.60. The minimum atomic E-state index is -0.285. The number of ether oxygens (including phenoxy) is 3. The molecule has 0 saturated carbocycles. The number of anilines is 1. The SMILES string of the molecule is CCCOc1ccc(/C=N\Nc2nc(-c3ccc(OC)cc3)cc(=O)[nH]2)cc1OC. The van der Waals surface area contributed by atoms with E-state index in [2.05, 4.69) is 20.5 Å². The van der Waals surface area contributed by atoms with Crippen LogP contribution in [0.15, 0.2) is 58.4 Å².